The molecular weight excluding hydrogens is 1280 g/mol. The Morgan fingerprint density at radius 3 is 0.847 bits per heavy atom. The van der Waals surface area contributed by atoms with Crippen LogP contribution in [-0.2, 0) is 65.4 Å². The third-order valence-electron chi connectivity index (χ3n) is 16.7. The zero-order valence-corrected chi connectivity index (χ0v) is 64.0. The summed E-state index contributed by atoms with van der Waals surface area (Å²) in [5, 5.41) is 10.6. The van der Waals surface area contributed by atoms with Crippen LogP contribution in [0.25, 0.3) is 0 Å². The largest absolute Gasteiger partial charge is 0.472 e. The molecule has 0 rings (SSSR count). The number of hydrogen-bond acceptors (Lipinski definition) is 15. The highest BCUT2D eigenvalue weighted by Gasteiger charge is 2.30. The van der Waals surface area contributed by atoms with E-state index in [1.54, 1.807) is 0 Å². The fourth-order valence-corrected chi connectivity index (χ4v) is 12.2. The Morgan fingerprint density at radius 2 is 0.531 bits per heavy atom. The first-order valence-electron chi connectivity index (χ1n) is 39.2. The minimum atomic E-state index is -4.98. The molecule has 0 aliphatic heterocycles. The summed E-state index contributed by atoms with van der Waals surface area (Å²) in [6.07, 6.45) is 71.6. The first-order valence-corrected chi connectivity index (χ1v) is 42.2. The molecule has 0 aliphatic rings. The average Bonchev–Trinajstić information content (AvgIpc) is 1.04. The molecule has 0 heterocycles. The number of phosphoric ester groups is 2. The number of rotatable bonds is 74. The van der Waals surface area contributed by atoms with Gasteiger partial charge in [0.25, 0.3) is 0 Å². The summed E-state index contributed by atoms with van der Waals surface area (Å²) in [7, 11) is -9.95. The van der Waals surface area contributed by atoms with Gasteiger partial charge in [-0.25, -0.2) is 9.13 Å². The molecule has 2 unspecified atom stereocenters. The first kappa shape index (κ1) is 94.5. The molecular formula is C79H142O17P2. The predicted octanol–water partition coefficient (Wildman–Crippen LogP) is 22.4. The van der Waals surface area contributed by atoms with Gasteiger partial charge < -0.3 is 33.8 Å². The number of aliphatic hydroxyl groups excluding tert-OH is 1. The van der Waals surface area contributed by atoms with Crippen LogP contribution < -0.4 is 0 Å². The van der Waals surface area contributed by atoms with Gasteiger partial charge >= 0.3 is 39.5 Å². The molecule has 0 radical (unpaired) electrons. The summed E-state index contributed by atoms with van der Waals surface area (Å²) in [4.78, 5) is 72.9. The predicted molar refractivity (Wildman–Crippen MR) is 400 cm³/mol. The van der Waals surface area contributed by atoms with Crippen LogP contribution in [0.5, 0.6) is 0 Å². The highest BCUT2D eigenvalue weighted by molar-refractivity contribution is 7.47. The smallest absolute Gasteiger partial charge is 0.462 e. The lowest BCUT2D eigenvalue weighted by Crippen LogP contribution is -2.30. The number of phosphoric acid groups is 2. The summed E-state index contributed by atoms with van der Waals surface area (Å²) in [5.41, 5.74) is 0. The molecule has 0 amide bonds. The Morgan fingerprint density at radius 1 is 0.296 bits per heavy atom. The van der Waals surface area contributed by atoms with Gasteiger partial charge in [-0.2, -0.15) is 0 Å². The van der Waals surface area contributed by atoms with Crippen LogP contribution in [0, 0.1) is 0 Å². The van der Waals surface area contributed by atoms with E-state index in [1.807, 2.05) is 0 Å². The van der Waals surface area contributed by atoms with Gasteiger partial charge in [-0.05, 0) is 116 Å². The molecule has 0 aromatic carbocycles. The van der Waals surface area contributed by atoms with E-state index in [2.05, 4.69) is 101 Å². The zero-order chi connectivity index (χ0) is 71.8. The Labute approximate surface area is 596 Å². The SMILES string of the molecule is CCCCC/C=C\C/C=C\CCCCCCCC(=O)OC[C@H](COP(=O)(O)OC[C@H](O)COP(=O)(O)OC[C@@H](COC(=O)CCCCCCC/C=C\C/C=C\CCCCC)OC(=O)CCCCCCCCCCCCCCC)OC(=O)CCCCCCC/C=C\C=C/CCCCCC. The second-order valence-corrected chi connectivity index (χ2v) is 29.2. The molecule has 19 heteroatoms. The highest BCUT2D eigenvalue weighted by atomic mass is 31.2. The van der Waals surface area contributed by atoms with Crippen molar-refractivity contribution in [2.45, 2.75) is 367 Å². The Balaban J connectivity index is 5.36. The van der Waals surface area contributed by atoms with Gasteiger partial charge in [-0.1, -0.05) is 280 Å². The van der Waals surface area contributed by atoms with E-state index >= 15 is 0 Å². The number of allylic oxidation sites excluding steroid dienone is 12. The Bertz CT molecular complexity index is 2140. The van der Waals surface area contributed by atoms with Crippen molar-refractivity contribution in [3.63, 3.8) is 0 Å². The Kier molecular flexibility index (Phi) is 69.3. The summed E-state index contributed by atoms with van der Waals surface area (Å²) in [6.45, 7) is 4.80. The van der Waals surface area contributed by atoms with E-state index in [9.17, 15) is 43.2 Å². The van der Waals surface area contributed by atoms with Gasteiger partial charge in [-0.15, -0.1) is 0 Å². The maximum absolute atomic E-state index is 13.1. The maximum atomic E-state index is 13.1. The molecule has 0 bridgehead atoms. The quantitative estimate of drug-likeness (QED) is 0.0128. The van der Waals surface area contributed by atoms with Crippen LogP contribution in [0.2, 0.25) is 0 Å². The van der Waals surface area contributed by atoms with Crippen molar-refractivity contribution in [2.75, 3.05) is 39.6 Å². The average molecular weight is 1430 g/mol. The Hall–Kier alpha value is -3.50. The number of aliphatic hydroxyl groups is 1. The van der Waals surface area contributed by atoms with Crippen molar-refractivity contribution in [1.82, 2.24) is 0 Å². The van der Waals surface area contributed by atoms with E-state index in [0.29, 0.717) is 25.7 Å². The first-order chi connectivity index (χ1) is 47.7. The third-order valence-corrected chi connectivity index (χ3v) is 18.6. The number of unbranched alkanes of at least 4 members (excludes halogenated alkanes) is 37. The van der Waals surface area contributed by atoms with Crippen molar-refractivity contribution in [3.8, 4) is 0 Å². The van der Waals surface area contributed by atoms with Crippen LogP contribution in [0.1, 0.15) is 349 Å². The number of esters is 4. The van der Waals surface area contributed by atoms with Crippen molar-refractivity contribution in [1.29, 1.82) is 0 Å². The molecule has 0 spiro atoms. The maximum Gasteiger partial charge on any atom is 0.472 e. The summed E-state index contributed by atoms with van der Waals surface area (Å²) >= 11 is 0. The summed E-state index contributed by atoms with van der Waals surface area (Å²) in [5.74, 6) is -2.20. The monoisotopic (exact) mass is 1420 g/mol. The minimum Gasteiger partial charge on any atom is -0.462 e. The normalized spacial score (nSPS) is 14.3. The molecule has 570 valence electrons. The van der Waals surface area contributed by atoms with E-state index in [0.717, 1.165) is 154 Å². The fourth-order valence-electron chi connectivity index (χ4n) is 10.6. The van der Waals surface area contributed by atoms with Gasteiger partial charge in [0.1, 0.15) is 19.3 Å². The van der Waals surface area contributed by atoms with Crippen LogP contribution in [0.3, 0.4) is 0 Å². The standard InChI is InChI=1S/C79H142O17P2/c1-5-9-13-17-21-25-29-33-36-40-43-47-51-55-59-63-76(81)89-69-74(95-78(83)65-61-57-53-49-45-39-32-28-24-20-16-12-8-4)71-93-97(85,86)91-67-73(80)68-92-98(87,88)94-72-75(96-79(84)66-62-58-54-50-46-42-38-35-31-27-23-19-15-11-7-3)70-90-77(82)64-60-56-52-48-44-41-37-34-30-26-22-18-14-10-6-2/h21-22,25-27,31,33-38,73-75,80H,5-20,23-24,28-30,32,39-72H2,1-4H3,(H,85,86)(H,87,88)/b25-21-,26-22-,31-27-,36-33-,37-34-,38-35-/t73-,74-,75-/m1/s1. The molecule has 5 atom stereocenters. The van der Waals surface area contributed by atoms with Gasteiger partial charge in [0, 0.05) is 25.7 Å². The number of hydrogen-bond donors (Lipinski definition) is 3. The lowest BCUT2D eigenvalue weighted by molar-refractivity contribution is -0.161. The number of ether oxygens (including phenoxy) is 4. The van der Waals surface area contributed by atoms with Crippen molar-refractivity contribution in [2.24, 2.45) is 0 Å². The van der Waals surface area contributed by atoms with Gasteiger partial charge in [0.05, 0.1) is 26.4 Å². The molecule has 17 nitrogen and oxygen atoms in total. The molecule has 0 aromatic rings. The number of carbonyl (C=O) groups excluding carboxylic acids is 4. The molecule has 98 heavy (non-hydrogen) atoms. The fraction of sp³-hybridized carbons (Fsp3) is 0.797. The summed E-state index contributed by atoms with van der Waals surface area (Å²) < 4.78 is 68.5. The van der Waals surface area contributed by atoms with Crippen LogP contribution in [-0.4, -0.2) is 96.7 Å². The molecule has 0 aromatic heterocycles. The lowest BCUT2D eigenvalue weighted by Gasteiger charge is -2.21. The van der Waals surface area contributed by atoms with Gasteiger partial charge in [0.2, 0.25) is 0 Å². The number of carbonyl (C=O) groups is 4. The molecule has 0 aliphatic carbocycles. The van der Waals surface area contributed by atoms with Crippen molar-refractivity contribution in [3.05, 3.63) is 72.9 Å². The summed E-state index contributed by atoms with van der Waals surface area (Å²) in [6, 6.07) is 0. The third kappa shape index (κ3) is 70.9. The van der Waals surface area contributed by atoms with Crippen molar-refractivity contribution >= 4 is 39.5 Å². The van der Waals surface area contributed by atoms with Crippen LogP contribution in [0.15, 0.2) is 72.9 Å². The molecule has 0 saturated carbocycles. The second kappa shape index (κ2) is 71.9. The highest BCUT2D eigenvalue weighted by Crippen LogP contribution is 2.45. The van der Waals surface area contributed by atoms with E-state index in [4.69, 9.17) is 37.0 Å². The molecule has 3 N–H and O–H groups in total. The lowest BCUT2D eigenvalue weighted by atomic mass is 10.0. The van der Waals surface area contributed by atoms with E-state index in [-0.39, 0.29) is 25.7 Å². The molecule has 0 fully saturated rings. The second-order valence-electron chi connectivity index (χ2n) is 26.3. The van der Waals surface area contributed by atoms with Crippen molar-refractivity contribution < 1.29 is 80.2 Å². The van der Waals surface area contributed by atoms with Crippen LogP contribution >= 0.6 is 15.6 Å². The topological polar surface area (TPSA) is 237 Å². The zero-order valence-electron chi connectivity index (χ0n) is 62.2. The molecule has 0 saturated heterocycles. The minimum absolute atomic E-state index is 0.0766. The van der Waals surface area contributed by atoms with E-state index in [1.165, 1.54) is 116 Å². The van der Waals surface area contributed by atoms with Crippen LogP contribution in [0.4, 0.5) is 0 Å². The van der Waals surface area contributed by atoms with E-state index < -0.39 is 97.5 Å². The van der Waals surface area contributed by atoms with Gasteiger partial charge in [-0.3, -0.25) is 37.3 Å². The van der Waals surface area contributed by atoms with Gasteiger partial charge in [0.15, 0.2) is 12.2 Å².